The van der Waals surface area contributed by atoms with Crippen LogP contribution in [0, 0.1) is 5.41 Å². The first kappa shape index (κ1) is 20.1. The van der Waals surface area contributed by atoms with Crippen LogP contribution >= 0.6 is 0 Å². The summed E-state index contributed by atoms with van der Waals surface area (Å²) < 4.78 is 13.5. The van der Waals surface area contributed by atoms with Crippen molar-refractivity contribution < 1.29 is 9.47 Å². The van der Waals surface area contributed by atoms with Crippen LogP contribution in [-0.2, 0) is 0 Å². The fourth-order valence-corrected chi connectivity index (χ4v) is 4.45. The summed E-state index contributed by atoms with van der Waals surface area (Å²) in [6.07, 6.45) is 4.30. The van der Waals surface area contributed by atoms with E-state index < -0.39 is 0 Å². The number of benzene rings is 1. The van der Waals surface area contributed by atoms with Crippen LogP contribution in [0.1, 0.15) is 56.7 Å². The molecule has 164 valence electrons. The quantitative estimate of drug-likeness (QED) is 0.602. The van der Waals surface area contributed by atoms with Gasteiger partial charge in [-0.1, -0.05) is 26.0 Å². The summed E-state index contributed by atoms with van der Waals surface area (Å²) in [5.41, 5.74) is 3.24. The van der Waals surface area contributed by atoms with Crippen molar-refractivity contribution in [1.82, 2.24) is 24.9 Å². The molecule has 0 radical (unpaired) electrons. The van der Waals surface area contributed by atoms with E-state index in [0.717, 1.165) is 42.0 Å². The Morgan fingerprint density at radius 2 is 2.06 bits per heavy atom. The van der Waals surface area contributed by atoms with Gasteiger partial charge in [0.05, 0.1) is 19.3 Å². The first-order valence-corrected chi connectivity index (χ1v) is 11.0. The van der Waals surface area contributed by atoms with Crippen LogP contribution in [0.5, 0.6) is 11.8 Å². The number of nitrogens with zero attached hydrogens (tertiary/aromatic N) is 4. The Bertz CT molecular complexity index is 1090. The Balaban J connectivity index is 1.48. The van der Waals surface area contributed by atoms with Gasteiger partial charge in [0.1, 0.15) is 11.9 Å². The van der Waals surface area contributed by atoms with Gasteiger partial charge in [-0.15, -0.1) is 0 Å². The van der Waals surface area contributed by atoms with E-state index in [2.05, 4.69) is 42.6 Å². The van der Waals surface area contributed by atoms with Gasteiger partial charge in [-0.3, -0.25) is 0 Å². The molecule has 8 nitrogen and oxygen atoms in total. The van der Waals surface area contributed by atoms with Crippen molar-refractivity contribution in [2.24, 2.45) is 5.41 Å². The predicted octanol–water partition coefficient (Wildman–Crippen LogP) is 3.56. The van der Waals surface area contributed by atoms with E-state index in [0.29, 0.717) is 17.9 Å². The number of nitrogens with one attached hydrogen (secondary N) is 2. The van der Waals surface area contributed by atoms with Crippen molar-refractivity contribution in [3.63, 3.8) is 0 Å². The zero-order valence-corrected chi connectivity index (χ0v) is 18.6. The highest BCUT2D eigenvalue weighted by Gasteiger charge is 2.53. The van der Waals surface area contributed by atoms with E-state index in [9.17, 15) is 0 Å². The third kappa shape index (κ3) is 3.48. The number of fused-ring (bicyclic) bond motifs is 1. The van der Waals surface area contributed by atoms with Crippen LogP contribution in [0.3, 0.4) is 0 Å². The number of hydrogen-bond donors (Lipinski definition) is 2. The lowest BCUT2D eigenvalue weighted by molar-refractivity contribution is -0.0846. The maximum Gasteiger partial charge on any atom is 0.322 e. The average molecular weight is 423 g/mol. The predicted molar refractivity (Wildman–Crippen MR) is 119 cm³/mol. The van der Waals surface area contributed by atoms with Crippen LogP contribution in [0.15, 0.2) is 30.5 Å². The average Bonchev–Trinajstić information content (AvgIpc) is 3.15. The van der Waals surface area contributed by atoms with Crippen molar-refractivity contribution in [2.45, 2.75) is 51.7 Å². The second-order valence-corrected chi connectivity index (χ2v) is 9.07. The second kappa shape index (κ2) is 7.67. The highest BCUT2D eigenvalue weighted by molar-refractivity contribution is 5.53. The van der Waals surface area contributed by atoms with Crippen molar-refractivity contribution in [1.29, 1.82) is 0 Å². The zero-order chi connectivity index (χ0) is 21.6. The van der Waals surface area contributed by atoms with Gasteiger partial charge < -0.3 is 20.1 Å². The molecule has 2 atom stereocenters. The summed E-state index contributed by atoms with van der Waals surface area (Å²) in [6.45, 7) is 8.42. The van der Waals surface area contributed by atoms with E-state index in [1.165, 1.54) is 6.42 Å². The summed E-state index contributed by atoms with van der Waals surface area (Å²) in [7, 11) is 1.68. The van der Waals surface area contributed by atoms with E-state index in [1.807, 2.05) is 24.4 Å². The van der Waals surface area contributed by atoms with Crippen LogP contribution in [-0.4, -0.2) is 45.9 Å². The second-order valence-electron chi connectivity index (χ2n) is 9.07. The highest BCUT2D eigenvalue weighted by Crippen LogP contribution is 2.46. The number of rotatable bonds is 7. The molecule has 3 aromatic rings. The number of ether oxygens (including phenoxy) is 2. The lowest BCUT2D eigenvalue weighted by Gasteiger charge is -2.54. The van der Waals surface area contributed by atoms with Gasteiger partial charge >= 0.3 is 6.01 Å². The third-order valence-electron chi connectivity index (χ3n) is 6.73. The molecule has 0 bridgehead atoms. The molecule has 8 heteroatoms. The summed E-state index contributed by atoms with van der Waals surface area (Å²) in [5.74, 6) is 1.76. The Morgan fingerprint density at radius 1 is 1.23 bits per heavy atom. The summed E-state index contributed by atoms with van der Waals surface area (Å²) in [4.78, 5) is 9.49. The van der Waals surface area contributed by atoms with Crippen molar-refractivity contribution in [3.05, 3.63) is 41.6 Å². The number of anilines is 1. The first-order chi connectivity index (χ1) is 15.0. The van der Waals surface area contributed by atoms with E-state index in [1.54, 1.807) is 11.6 Å². The van der Waals surface area contributed by atoms with Gasteiger partial charge in [0.25, 0.3) is 0 Å². The molecule has 1 aromatic carbocycles. The monoisotopic (exact) mass is 422 g/mol. The molecule has 2 fully saturated rings. The fourth-order valence-electron chi connectivity index (χ4n) is 4.45. The highest BCUT2D eigenvalue weighted by atomic mass is 16.5. The van der Waals surface area contributed by atoms with Gasteiger partial charge in [-0.25, -0.2) is 0 Å². The fraction of sp³-hybridized carbons (Fsp3) is 0.522. The van der Waals surface area contributed by atoms with Crippen molar-refractivity contribution >= 4 is 11.6 Å². The molecular formula is C23H30N6O2. The molecule has 2 aliphatic rings. The largest absolute Gasteiger partial charge is 0.497 e. The Hall–Kier alpha value is -2.87. The molecule has 1 saturated carbocycles. The van der Waals surface area contributed by atoms with Crippen molar-refractivity contribution in [2.75, 3.05) is 25.5 Å². The maximum absolute atomic E-state index is 6.32. The smallest absolute Gasteiger partial charge is 0.322 e. The van der Waals surface area contributed by atoms with Gasteiger partial charge in [-0.2, -0.15) is 19.6 Å². The molecule has 2 N–H and O–H groups in total. The minimum Gasteiger partial charge on any atom is -0.497 e. The minimum absolute atomic E-state index is 0.00127. The minimum atomic E-state index is -0.00127. The number of aromatic nitrogens is 4. The van der Waals surface area contributed by atoms with Gasteiger partial charge in [0.15, 0.2) is 5.65 Å². The van der Waals surface area contributed by atoms with Crippen LogP contribution < -0.4 is 20.1 Å². The third-order valence-corrected chi connectivity index (χ3v) is 6.73. The molecule has 5 rings (SSSR count). The standard InChI is InChI=1S/C23H30N6O2/c1-14(2)18-11-25-29-20(18)27-22(31-19-8-9-23(19)12-24-13-23)28-21(29)26-15(3)16-6-5-7-17(10-16)30-4/h5-7,10-11,14-15,19,24H,8-9,12-13H2,1-4H3,(H,26,27,28)/t15-,19?/m0/s1. The summed E-state index contributed by atoms with van der Waals surface area (Å²) in [6, 6.07) is 8.45. The van der Waals surface area contributed by atoms with Crippen LogP contribution in [0.2, 0.25) is 0 Å². The van der Waals surface area contributed by atoms with Crippen LogP contribution in [0.25, 0.3) is 5.65 Å². The molecule has 1 saturated heterocycles. The molecule has 3 heterocycles. The molecule has 1 aliphatic carbocycles. The Labute approximate surface area is 182 Å². The normalized spacial score (nSPS) is 20.4. The lowest BCUT2D eigenvalue weighted by atomic mass is 9.62. The molecular weight excluding hydrogens is 392 g/mol. The van der Waals surface area contributed by atoms with Gasteiger partial charge in [0, 0.05) is 24.1 Å². The molecule has 1 spiro atoms. The molecule has 1 unspecified atom stereocenters. The Morgan fingerprint density at radius 3 is 2.71 bits per heavy atom. The molecule has 31 heavy (non-hydrogen) atoms. The first-order valence-electron chi connectivity index (χ1n) is 11.0. The maximum atomic E-state index is 6.32. The number of methoxy groups -OCH3 is 1. The molecule has 1 aliphatic heterocycles. The summed E-state index contributed by atoms with van der Waals surface area (Å²) >= 11 is 0. The van der Waals surface area contributed by atoms with Crippen molar-refractivity contribution in [3.8, 4) is 11.8 Å². The zero-order valence-electron chi connectivity index (χ0n) is 18.6. The molecule has 2 aromatic heterocycles. The molecule has 0 amide bonds. The topological polar surface area (TPSA) is 85.6 Å². The Kier molecular flexibility index (Phi) is 4.97. The lowest BCUT2D eigenvalue weighted by Crippen LogP contribution is -2.66. The van der Waals surface area contributed by atoms with E-state index >= 15 is 0 Å². The van der Waals surface area contributed by atoms with Crippen LogP contribution in [0.4, 0.5) is 5.95 Å². The van der Waals surface area contributed by atoms with Gasteiger partial charge in [0.2, 0.25) is 5.95 Å². The number of hydrogen-bond acceptors (Lipinski definition) is 7. The van der Waals surface area contributed by atoms with Gasteiger partial charge in [-0.05, 0) is 43.4 Å². The van der Waals surface area contributed by atoms with E-state index in [4.69, 9.17) is 19.4 Å². The summed E-state index contributed by atoms with van der Waals surface area (Å²) in [5, 5.41) is 11.5. The SMILES string of the molecule is COc1cccc([C@H](C)Nc2nc(OC3CCC34CNC4)nc3c(C(C)C)cnn23)c1. The van der Waals surface area contributed by atoms with E-state index in [-0.39, 0.29) is 17.6 Å².